The summed E-state index contributed by atoms with van der Waals surface area (Å²) in [6.45, 7) is 3.67. The molecule has 1 N–H and O–H groups in total. The van der Waals surface area contributed by atoms with Crippen LogP contribution in [0.3, 0.4) is 0 Å². The van der Waals surface area contributed by atoms with Crippen LogP contribution in [0.25, 0.3) is 0 Å². The Morgan fingerprint density at radius 1 is 1.39 bits per heavy atom. The summed E-state index contributed by atoms with van der Waals surface area (Å²) in [4.78, 5) is 12.1. The Morgan fingerprint density at radius 3 is 2.44 bits per heavy atom. The molecule has 0 radical (unpaired) electrons. The van der Waals surface area contributed by atoms with E-state index in [9.17, 15) is 9.18 Å². The number of hydrogen-bond donors (Lipinski definition) is 1. The van der Waals surface area contributed by atoms with Crippen molar-refractivity contribution in [1.29, 1.82) is 0 Å². The van der Waals surface area contributed by atoms with Crippen LogP contribution in [0.5, 0.6) is 0 Å². The highest BCUT2D eigenvalue weighted by molar-refractivity contribution is 9.09. The molecule has 0 aromatic heterocycles. The number of alkyl halides is 2. The molecule has 0 saturated heterocycles. The van der Waals surface area contributed by atoms with Crippen molar-refractivity contribution in [2.45, 2.75) is 25.8 Å². The average Bonchev–Trinajstić information content (AvgIpc) is 2.39. The lowest BCUT2D eigenvalue weighted by Gasteiger charge is -2.30. The SMILES string of the molecule is CCC(CBr)(CBr)NC(=O)c1ccc(C)c(F)c1. The molecule has 0 heterocycles. The van der Waals surface area contributed by atoms with Crippen molar-refractivity contribution in [3.05, 3.63) is 35.1 Å². The minimum absolute atomic E-state index is 0.255. The summed E-state index contributed by atoms with van der Waals surface area (Å²) in [7, 11) is 0. The lowest BCUT2D eigenvalue weighted by atomic mass is 10.0. The fraction of sp³-hybridized carbons (Fsp3) is 0.462. The van der Waals surface area contributed by atoms with Crippen molar-refractivity contribution in [2.24, 2.45) is 0 Å². The number of carbonyl (C=O) groups is 1. The second-order valence-corrected chi connectivity index (χ2v) is 5.44. The smallest absolute Gasteiger partial charge is 0.251 e. The second-order valence-electron chi connectivity index (χ2n) is 4.32. The van der Waals surface area contributed by atoms with Gasteiger partial charge in [-0.1, -0.05) is 44.8 Å². The minimum atomic E-state index is -0.359. The molecule has 1 rings (SSSR count). The molecular formula is C13H16Br2FNO. The maximum Gasteiger partial charge on any atom is 0.251 e. The zero-order chi connectivity index (χ0) is 13.8. The van der Waals surface area contributed by atoms with Crippen molar-refractivity contribution in [2.75, 3.05) is 10.7 Å². The first-order chi connectivity index (χ1) is 8.48. The fourth-order valence-corrected chi connectivity index (χ4v) is 3.43. The third-order valence-corrected chi connectivity index (χ3v) is 5.15. The predicted octanol–water partition coefficient (Wildman–Crippen LogP) is 3.80. The van der Waals surface area contributed by atoms with Crippen molar-refractivity contribution < 1.29 is 9.18 Å². The van der Waals surface area contributed by atoms with Crippen molar-refractivity contribution in [1.82, 2.24) is 5.32 Å². The van der Waals surface area contributed by atoms with Gasteiger partial charge >= 0.3 is 0 Å². The van der Waals surface area contributed by atoms with Crippen molar-refractivity contribution in [3.8, 4) is 0 Å². The van der Waals surface area contributed by atoms with Gasteiger partial charge in [-0.3, -0.25) is 4.79 Å². The Labute approximate surface area is 124 Å². The van der Waals surface area contributed by atoms with Gasteiger partial charge in [-0.2, -0.15) is 0 Å². The van der Waals surface area contributed by atoms with E-state index >= 15 is 0 Å². The van der Waals surface area contributed by atoms with Crippen LogP contribution in [0.15, 0.2) is 18.2 Å². The molecule has 0 aliphatic heterocycles. The summed E-state index contributed by atoms with van der Waals surface area (Å²) in [6, 6.07) is 4.52. The molecule has 0 bridgehead atoms. The summed E-state index contributed by atoms with van der Waals surface area (Å²) in [5, 5.41) is 4.22. The van der Waals surface area contributed by atoms with Crippen molar-refractivity contribution in [3.63, 3.8) is 0 Å². The summed E-state index contributed by atoms with van der Waals surface area (Å²) in [5.74, 6) is -0.614. The monoisotopic (exact) mass is 379 g/mol. The number of nitrogens with one attached hydrogen (secondary N) is 1. The fourth-order valence-electron chi connectivity index (χ4n) is 1.43. The van der Waals surface area contributed by atoms with Crippen molar-refractivity contribution >= 4 is 37.8 Å². The van der Waals surface area contributed by atoms with E-state index < -0.39 is 0 Å². The predicted molar refractivity (Wildman–Crippen MR) is 79.2 cm³/mol. The van der Waals surface area contributed by atoms with E-state index in [-0.39, 0.29) is 17.3 Å². The van der Waals surface area contributed by atoms with Gasteiger partial charge in [0, 0.05) is 16.2 Å². The van der Waals surface area contributed by atoms with Gasteiger partial charge in [0.25, 0.3) is 5.91 Å². The second kappa shape index (κ2) is 6.66. The summed E-state index contributed by atoms with van der Waals surface area (Å²) >= 11 is 6.80. The Balaban J connectivity index is 2.90. The highest BCUT2D eigenvalue weighted by atomic mass is 79.9. The van der Waals surface area contributed by atoms with Crippen LogP contribution in [0, 0.1) is 12.7 Å². The Kier molecular flexibility index (Phi) is 5.79. The lowest BCUT2D eigenvalue weighted by Crippen LogP contribution is -2.51. The number of halogens is 3. The first-order valence-electron chi connectivity index (χ1n) is 5.68. The maximum absolute atomic E-state index is 13.4. The molecule has 0 fully saturated rings. The summed E-state index contributed by atoms with van der Waals surface area (Å²) in [6.07, 6.45) is 0.781. The molecule has 0 aliphatic carbocycles. The highest BCUT2D eigenvalue weighted by Crippen LogP contribution is 2.18. The molecule has 0 saturated carbocycles. The zero-order valence-electron chi connectivity index (χ0n) is 10.4. The van der Waals surface area contributed by atoms with Gasteiger partial charge in [0.2, 0.25) is 0 Å². The van der Waals surface area contributed by atoms with Crippen LogP contribution in [0.4, 0.5) is 4.39 Å². The van der Waals surface area contributed by atoms with Crippen LogP contribution in [0.2, 0.25) is 0 Å². The quantitative estimate of drug-likeness (QED) is 0.773. The number of aryl methyl sites for hydroxylation is 1. The van der Waals surface area contributed by atoms with Gasteiger partial charge in [-0.25, -0.2) is 4.39 Å². The van der Waals surface area contributed by atoms with E-state index in [2.05, 4.69) is 37.2 Å². The molecule has 100 valence electrons. The summed E-state index contributed by atoms with van der Waals surface area (Å²) in [5.41, 5.74) is 0.533. The van der Waals surface area contributed by atoms with E-state index in [0.717, 1.165) is 6.42 Å². The molecule has 2 nitrogen and oxygen atoms in total. The van der Waals surface area contributed by atoms with E-state index in [0.29, 0.717) is 21.8 Å². The van der Waals surface area contributed by atoms with Gasteiger partial charge in [0.05, 0.1) is 5.54 Å². The van der Waals surface area contributed by atoms with E-state index in [4.69, 9.17) is 0 Å². The molecule has 1 amide bonds. The molecule has 0 aliphatic rings. The maximum atomic E-state index is 13.4. The van der Waals surface area contributed by atoms with Crippen LogP contribution < -0.4 is 5.32 Å². The van der Waals surface area contributed by atoms with E-state index in [1.807, 2.05) is 6.92 Å². The topological polar surface area (TPSA) is 29.1 Å². The average molecular weight is 381 g/mol. The van der Waals surface area contributed by atoms with Crippen LogP contribution in [0.1, 0.15) is 29.3 Å². The first-order valence-corrected chi connectivity index (χ1v) is 7.93. The molecule has 18 heavy (non-hydrogen) atoms. The van der Waals surface area contributed by atoms with E-state index in [1.165, 1.54) is 6.07 Å². The largest absolute Gasteiger partial charge is 0.345 e. The number of hydrogen-bond acceptors (Lipinski definition) is 1. The van der Waals surface area contributed by atoms with Gasteiger partial charge in [0.15, 0.2) is 0 Å². The first kappa shape index (κ1) is 15.6. The number of rotatable bonds is 5. The van der Waals surface area contributed by atoms with E-state index in [1.54, 1.807) is 19.1 Å². The molecule has 0 atom stereocenters. The highest BCUT2D eigenvalue weighted by Gasteiger charge is 2.28. The molecule has 0 spiro atoms. The number of amides is 1. The third-order valence-electron chi connectivity index (χ3n) is 3.00. The van der Waals surface area contributed by atoms with Crippen LogP contribution in [-0.2, 0) is 0 Å². The van der Waals surface area contributed by atoms with Gasteiger partial charge in [0.1, 0.15) is 5.82 Å². The minimum Gasteiger partial charge on any atom is -0.345 e. The normalized spacial score (nSPS) is 11.4. The Bertz CT molecular complexity index is 425. The standard InChI is InChI=1S/C13H16Br2FNO/c1-3-13(7-14,8-15)17-12(18)10-5-4-9(2)11(16)6-10/h4-6H,3,7-8H2,1-2H3,(H,17,18). The van der Waals surface area contributed by atoms with Gasteiger partial charge < -0.3 is 5.32 Å². The number of carbonyl (C=O) groups excluding carboxylic acids is 1. The zero-order valence-corrected chi connectivity index (χ0v) is 13.6. The third kappa shape index (κ3) is 3.54. The van der Waals surface area contributed by atoms with Crippen LogP contribution in [-0.4, -0.2) is 22.1 Å². The molecule has 1 aromatic carbocycles. The molecular weight excluding hydrogens is 365 g/mol. The Morgan fingerprint density at radius 2 is 2.00 bits per heavy atom. The molecule has 0 unspecified atom stereocenters. The van der Waals surface area contributed by atoms with Crippen LogP contribution >= 0.6 is 31.9 Å². The lowest BCUT2D eigenvalue weighted by molar-refractivity contribution is 0.0915. The van der Waals surface area contributed by atoms with Gasteiger partial charge in [-0.05, 0) is 31.0 Å². The summed E-state index contributed by atoms with van der Waals surface area (Å²) < 4.78 is 13.4. The Hall–Kier alpha value is -0.420. The van der Waals surface area contributed by atoms with Gasteiger partial charge in [-0.15, -0.1) is 0 Å². The molecule has 1 aromatic rings. The number of benzene rings is 1. The molecule has 5 heteroatoms.